The molecule has 1 amide bonds. The van der Waals surface area contributed by atoms with E-state index in [0.29, 0.717) is 50.5 Å². The summed E-state index contributed by atoms with van der Waals surface area (Å²) in [6, 6.07) is 0. The summed E-state index contributed by atoms with van der Waals surface area (Å²) in [6.07, 6.45) is 16.4. The van der Waals surface area contributed by atoms with Crippen molar-refractivity contribution in [3.63, 3.8) is 0 Å². The number of esters is 2. The van der Waals surface area contributed by atoms with Gasteiger partial charge in [0.25, 0.3) is 0 Å². The first kappa shape index (κ1) is 61.3. The molecule has 2 aliphatic heterocycles. The minimum atomic E-state index is -1.08. The Bertz CT molecular complexity index is 1740. The second-order valence-electron chi connectivity index (χ2n) is 19.0. The van der Waals surface area contributed by atoms with E-state index < -0.39 is 36.4 Å². The average molecular weight is 974 g/mol. The topological polar surface area (TPSA) is 175 Å². The Balaban J connectivity index is 2.52. The molecule has 1 unspecified atom stereocenters. The largest absolute Gasteiger partial charge is 0.458 e. The zero-order valence-corrected chi connectivity index (χ0v) is 44.2. The van der Waals surface area contributed by atoms with Gasteiger partial charge in [-0.15, -0.1) is 0 Å². The molecule has 2 bridgehead atoms. The van der Waals surface area contributed by atoms with Gasteiger partial charge in [0.05, 0.1) is 42.7 Å². The maximum Gasteiger partial charge on any atom is 0.331 e. The summed E-state index contributed by atoms with van der Waals surface area (Å²) >= 11 is 0. The van der Waals surface area contributed by atoms with E-state index in [2.05, 4.69) is 13.0 Å². The van der Waals surface area contributed by atoms with Crippen LogP contribution >= 0.6 is 0 Å². The van der Waals surface area contributed by atoms with Crippen molar-refractivity contribution in [1.29, 1.82) is 0 Å². The SMILES string of the molecule is COC1CC2=CC(=O)O[C@H]([C@@H](C)[C@@H](OC)C[C@H](OC)/C=C/[C@@H](C)[C@H](OC)C[C@H](OC)/C=C/[C@@H](C)[C@H]([C@H](C)[C@H](OC)[C@H](C)CCC(=O)[C@@H](C)[C@H](C/C=C/N(C)C=O)OC)OC(=O)/C=C/C=C(\C)C1)[C@@H]2O. The van der Waals surface area contributed by atoms with E-state index in [-0.39, 0.29) is 84.3 Å². The number of ketones is 1. The molecule has 0 fully saturated rings. The molecular formula is C54H87NO14. The van der Waals surface area contributed by atoms with Crippen molar-refractivity contribution < 1.29 is 66.9 Å². The Hall–Kier alpha value is -3.80. The molecule has 1 N–H and O–H groups in total. The summed E-state index contributed by atoms with van der Waals surface area (Å²) in [5.41, 5.74) is 1.41. The first-order valence-corrected chi connectivity index (χ1v) is 24.4. The summed E-state index contributed by atoms with van der Waals surface area (Å²) in [6.45, 7) is 13.8. The number of fused-ring (bicyclic) bond motifs is 2. The molecule has 16 atom stereocenters. The molecule has 0 aromatic heterocycles. The van der Waals surface area contributed by atoms with E-state index in [1.165, 1.54) is 17.1 Å². The van der Waals surface area contributed by atoms with Gasteiger partial charge in [0.2, 0.25) is 6.41 Å². The third-order valence-electron chi connectivity index (χ3n) is 14.0. The molecule has 0 aliphatic carbocycles. The number of amides is 1. The first-order valence-electron chi connectivity index (χ1n) is 24.4. The molecule has 15 heteroatoms. The van der Waals surface area contributed by atoms with Gasteiger partial charge in [0.1, 0.15) is 24.1 Å². The summed E-state index contributed by atoms with van der Waals surface area (Å²) < 4.78 is 53.5. The van der Waals surface area contributed by atoms with Gasteiger partial charge >= 0.3 is 11.9 Å². The fourth-order valence-electron chi connectivity index (χ4n) is 9.42. The molecule has 0 aromatic carbocycles. The Morgan fingerprint density at radius 3 is 2.01 bits per heavy atom. The summed E-state index contributed by atoms with van der Waals surface area (Å²) in [5.74, 6) is -2.51. The zero-order valence-electron chi connectivity index (χ0n) is 44.2. The number of ether oxygens (including phenoxy) is 9. The maximum atomic E-state index is 13.7. The van der Waals surface area contributed by atoms with E-state index in [1.807, 2.05) is 71.9 Å². The van der Waals surface area contributed by atoms with Crippen LogP contribution in [0.1, 0.15) is 93.4 Å². The molecule has 0 saturated carbocycles. The van der Waals surface area contributed by atoms with Crippen molar-refractivity contribution in [3.05, 3.63) is 72.0 Å². The molecule has 0 saturated heterocycles. The molecule has 69 heavy (non-hydrogen) atoms. The molecule has 15 nitrogen and oxygen atoms in total. The van der Waals surface area contributed by atoms with Crippen LogP contribution in [-0.2, 0) is 61.8 Å². The molecule has 2 heterocycles. The molecule has 2 rings (SSSR count). The van der Waals surface area contributed by atoms with Gasteiger partial charge in [-0.1, -0.05) is 89.6 Å². The van der Waals surface area contributed by atoms with Crippen LogP contribution in [0, 0.1) is 35.5 Å². The maximum absolute atomic E-state index is 13.7. The summed E-state index contributed by atoms with van der Waals surface area (Å²) in [4.78, 5) is 52.5. The van der Waals surface area contributed by atoms with Crippen LogP contribution in [0.2, 0.25) is 0 Å². The Labute approximate surface area is 413 Å². The normalized spacial score (nSPS) is 32.7. The van der Waals surface area contributed by atoms with Gasteiger partial charge in [-0.3, -0.25) is 9.59 Å². The predicted molar refractivity (Wildman–Crippen MR) is 266 cm³/mol. The number of Topliss-reactive ketones (excluding diaryl/α,β-unsaturated/α-hetero) is 1. The highest BCUT2D eigenvalue weighted by Gasteiger charge is 2.40. The number of nitrogens with zero attached hydrogens (tertiary/aromatic N) is 1. The third kappa shape index (κ3) is 20.1. The Morgan fingerprint density at radius 1 is 0.826 bits per heavy atom. The second kappa shape index (κ2) is 32.2. The minimum Gasteiger partial charge on any atom is -0.458 e. The average Bonchev–Trinajstić information content (AvgIpc) is 3.33. The lowest BCUT2D eigenvalue weighted by Gasteiger charge is -2.37. The molecule has 2 aliphatic rings. The quantitative estimate of drug-likeness (QED) is 0.0763. The number of hydrogen-bond acceptors (Lipinski definition) is 14. The van der Waals surface area contributed by atoms with Crippen LogP contribution in [0.15, 0.2) is 72.0 Å². The molecule has 0 radical (unpaired) electrons. The highest BCUT2D eigenvalue weighted by atomic mass is 16.6. The van der Waals surface area contributed by atoms with Crippen molar-refractivity contribution in [2.75, 3.05) is 56.8 Å². The number of rotatable bonds is 19. The Kier molecular flexibility index (Phi) is 28.6. The van der Waals surface area contributed by atoms with Crippen molar-refractivity contribution in [3.8, 4) is 0 Å². The van der Waals surface area contributed by atoms with E-state index in [4.69, 9.17) is 42.6 Å². The summed E-state index contributed by atoms with van der Waals surface area (Å²) in [7, 11) is 13.0. The Morgan fingerprint density at radius 2 is 1.45 bits per heavy atom. The van der Waals surface area contributed by atoms with Crippen LogP contribution in [0.4, 0.5) is 0 Å². The molecular weight excluding hydrogens is 887 g/mol. The molecule has 0 spiro atoms. The number of allylic oxidation sites excluding steroid dienone is 2. The van der Waals surface area contributed by atoms with Gasteiger partial charge in [-0.2, -0.15) is 0 Å². The number of aliphatic hydroxyl groups excluding tert-OH is 1. The van der Waals surface area contributed by atoms with E-state index in [0.717, 1.165) is 5.57 Å². The van der Waals surface area contributed by atoms with Crippen molar-refractivity contribution >= 4 is 24.1 Å². The number of aliphatic hydroxyl groups is 1. The minimum absolute atomic E-state index is 0.0553. The number of carbonyl (C=O) groups is 4. The third-order valence-corrected chi connectivity index (χ3v) is 14.0. The lowest BCUT2D eigenvalue weighted by molar-refractivity contribution is -0.160. The van der Waals surface area contributed by atoms with Crippen LogP contribution in [0.25, 0.3) is 0 Å². The van der Waals surface area contributed by atoms with Gasteiger partial charge in [0.15, 0.2) is 0 Å². The van der Waals surface area contributed by atoms with Crippen LogP contribution in [0.5, 0.6) is 0 Å². The van der Waals surface area contributed by atoms with Gasteiger partial charge in [0, 0.05) is 124 Å². The number of carbonyl (C=O) groups excluding carboxylic acids is 4. The standard InChI is InChI=1S/C54H87NO14/c1-34-18-16-20-49(58)68-53(40(7)52(67-15)36(3)23-26-45(57)38(5)46(64-12)19-17-27-55(8)33-56)37(4)22-25-42(61-9)31-47(65-13)35(2)21-24-43(62-10)32-48(66-14)39(6)54-51(60)41(30-50(59)69-54)29-44(28-34)63-11/h16-18,20-22,24-25,27,30,33,35-40,42-44,46-48,51-54,60H,19,23,26,28-29,31-32H2,1-15H3/b20-16+,24-21+,25-22+,27-17+,34-18+/t35-,36-,37-,38-,39+,40-,42-,43-,44?,46+,47-,48+,51-,52-,53-,54-/m1/s1. The van der Waals surface area contributed by atoms with E-state index >= 15 is 0 Å². The van der Waals surface area contributed by atoms with E-state index in [9.17, 15) is 24.3 Å². The number of methoxy groups -OCH3 is 7. The monoisotopic (exact) mass is 974 g/mol. The van der Waals surface area contributed by atoms with Crippen molar-refractivity contribution in [2.45, 2.75) is 154 Å². The van der Waals surface area contributed by atoms with Crippen LogP contribution in [0.3, 0.4) is 0 Å². The zero-order chi connectivity index (χ0) is 51.8. The van der Waals surface area contributed by atoms with E-state index in [1.54, 1.807) is 69.1 Å². The summed E-state index contributed by atoms with van der Waals surface area (Å²) in [5, 5.41) is 11.6. The highest BCUT2D eigenvalue weighted by Crippen LogP contribution is 2.33. The fourth-order valence-corrected chi connectivity index (χ4v) is 9.42. The first-order chi connectivity index (χ1) is 32.8. The molecule has 392 valence electrons. The number of hydrogen-bond donors (Lipinski definition) is 1. The lowest BCUT2D eigenvalue weighted by Crippen LogP contribution is -2.46. The van der Waals surface area contributed by atoms with Gasteiger partial charge in [-0.05, 0) is 44.1 Å². The van der Waals surface area contributed by atoms with Crippen molar-refractivity contribution in [1.82, 2.24) is 4.90 Å². The van der Waals surface area contributed by atoms with Crippen LogP contribution < -0.4 is 0 Å². The lowest BCUT2D eigenvalue weighted by atomic mass is 9.81. The fraction of sp³-hybridized carbons (Fsp3) is 0.704. The second-order valence-corrected chi connectivity index (χ2v) is 19.0. The highest BCUT2D eigenvalue weighted by molar-refractivity contribution is 5.84. The predicted octanol–water partition coefficient (Wildman–Crippen LogP) is 7.56. The van der Waals surface area contributed by atoms with Crippen LogP contribution in [-0.4, -0.2) is 152 Å². The molecule has 0 aromatic rings. The van der Waals surface area contributed by atoms with Crippen molar-refractivity contribution in [2.24, 2.45) is 35.5 Å². The van der Waals surface area contributed by atoms with Gasteiger partial charge < -0.3 is 52.6 Å². The number of cyclic esters (lactones) is 1. The smallest absolute Gasteiger partial charge is 0.331 e. The van der Waals surface area contributed by atoms with Gasteiger partial charge in [-0.25, -0.2) is 9.59 Å².